The second-order valence-electron chi connectivity index (χ2n) is 7.34. The van der Waals surface area contributed by atoms with Gasteiger partial charge in [0.05, 0.1) is 29.3 Å². The molecule has 170 valence electrons. The van der Waals surface area contributed by atoms with Gasteiger partial charge in [-0.2, -0.15) is 4.31 Å². The van der Waals surface area contributed by atoms with Crippen LogP contribution < -0.4 is 19.7 Å². The summed E-state index contributed by atoms with van der Waals surface area (Å²) in [5.74, 6) is 0.630. The number of rotatable bonds is 7. The molecule has 0 spiro atoms. The highest BCUT2D eigenvalue weighted by Crippen LogP contribution is 2.27. The molecule has 1 aliphatic heterocycles. The topological polar surface area (TPSA) is 107 Å². The van der Waals surface area contributed by atoms with Crippen molar-refractivity contribution in [1.29, 1.82) is 0 Å². The minimum atomic E-state index is -3.59. The van der Waals surface area contributed by atoms with Crippen molar-refractivity contribution in [2.24, 2.45) is 0 Å². The molecule has 1 N–H and O–H groups in total. The molecule has 9 nitrogen and oxygen atoms in total. The number of nitrogens with zero attached hydrogens (tertiary/aromatic N) is 2. The van der Waals surface area contributed by atoms with E-state index >= 15 is 0 Å². The number of amides is 1. The quantitative estimate of drug-likeness (QED) is 0.560. The Morgan fingerprint density at radius 1 is 1.06 bits per heavy atom. The normalized spacial score (nSPS) is 14.6. The van der Waals surface area contributed by atoms with Gasteiger partial charge in [0.15, 0.2) is 0 Å². The van der Waals surface area contributed by atoms with Crippen LogP contribution in [0.2, 0.25) is 0 Å². The largest absolute Gasteiger partial charge is 0.497 e. The van der Waals surface area contributed by atoms with Gasteiger partial charge in [0, 0.05) is 37.0 Å². The molecule has 0 radical (unpaired) electrons. The minimum absolute atomic E-state index is 0.160. The summed E-state index contributed by atoms with van der Waals surface area (Å²) in [5.41, 5.74) is 0.983. The van der Waals surface area contributed by atoms with E-state index in [2.05, 4.69) is 5.32 Å². The van der Waals surface area contributed by atoms with E-state index in [9.17, 15) is 18.0 Å². The molecule has 1 amide bonds. The summed E-state index contributed by atoms with van der Waals surface area (Å²) >= 11 is 0.916. The van der Waals surface area contributed by atoms with Crippen molar-refractivity contribution in [1.82, 2.24) is 8.87 Å². The summed E-state index contributed by atoms with van der Waals surface area (Å²) < 4.78 is 39.3. The smallest absolute Gasteiger partial charge is 0.308 e. The number of carbonyl (C=O) groups is 1. The molecule has 2 aromatic carbocycles. The molecule has 0 aliphatic carbocycles. The van der Waals surface area contributed by atoms with Crippen LogP contribution in [-0.2, 0) is 21.4 Å². The molecule has 2 heterocycles. The summed E-state index contributed by atoms with van der Waals surface area (Å²) in [6.45, 7) is 0.802. The van der Waals surface area contributed by atoms with Gasteiger partial charge >= 0.3 is 4.87 Å². The Morgan fingerprint density at radius 3 is 2.34 bits per heavy atom. The number of anilines is 1. The van der Waals surface area contributed by atoms with Crippen molar-refractivity contribution in [2.75, 3.05) is 32.6 Å². The van der Waals surface area contributed by atoms with Gasteiger partial charge in [-0.05, 0) is 31.0 Å². The second-order valence-corrected chi connectivity index (χ2v) is 10.3. The Balaban J connectivity index is 1.58. The summed E-state index contributed by atoms with van der Waals surface area (Å²) in [4.78, 5) is 25.0. The second kappa shape index (κ2) is 8.93. The zero-order valence-corrected chi connectivity index (χ0v) is 19.3. The van der Waals surface area contributed by atoms with Gasteiger partial charge in [0.1, 0.15) is 18.0 Å². The number of fused-ring (bicyclic) bond motifs is 1. The number of nitrogens with one attached hydrogen (secondary N) is 1. The number of aromatic nitrogens is 1. The summed E-state index contributed by atoms with van der Waals surface area (Å²) in [7, 11) is -0.566. The molecule has 0 saturated carbocycles. The van der Waals surface area contributed by atoms with Crippen molar-refractivity contribution < 1.29 is 22.7 Å². The Bertz CT molecular complexity index is 1300. The zero-order valence-electron chi connectivity index (χ0n) is 17.7. The number of carbonyl (C=O) groups excluding carboxylic acids is 1. The van der Waals surface area contributed by atoms with Gasteiger partial charge < -0.3 is 14.8 Å². The van der Waals surface area contributed by atoms with Crippen molar-refractivity contribution in [3.05, 3.63) is 46.1 Å². The maximum absolute atomic E-state index is 12.8. The third-order valence-corrected chi connectivity index (χ3v) is 8.12. The molecule has 3 aromatic rings. The number of ether oxygens (including phenoxy) is 2. The number of hydrogen-bond acceptors (Lipinski definition) is 7. The fourth-order valence-electron chi connectivity index (χ4n) is 3.66. The number of methoxy groups -OCH3 is 2. The maximum atomic E-state index is 12.8. The van der Waals surface area contributed by atoms with E-state index in [4.69, 9.17) is 9.47 Å². The van der Waals surface area contributed by atoms with E-state index in [0.717, 1.165) is 24.2 Å². The average Bonchev–Trinajstić information content (AvgIpc) is 3.42. The Morgan fingerprint density at radius 2 is 1.72 bits per heavy atom. The van der Waals surface area contributed by atoms with Crippen LogP contribution in [0.4, 0.5) is 5.69 Å². The number of thiazole rings is 1. The maximum Gasteiger partial charge on any atom is 0.308 e. The van der Waals surface area contributed by atoms with E-state index in [1.165, 1.54) is 35.2 Å². The Kier molecular flexibility index (Phi) is 6.22. The van der Waals surface area contributed by atoms with Crippen LogP contribution in [0.1, 0.15) is 12.8 Å². The molecule has 0 unspecified atom stereocenters. The van der Waals surface area contributed by atoms with E-state index in [1.807, 2.05) is 0 Å². The fraction of sp³-hybridized carbons (Fsp3) is 0.333. The zero-order chi connectivity index (χ0) is 22.9. The summed E-state index contributed by atoms with van der Waals surface area (Å²) in [6.07, 6.45) is 1.69. The first-order valence-corrected chi connectivity index (χ1v) is 12.2. The van der Waals surface area contributed by atoms with Crippen LogP contribution >= 0.6 is 11.3 Å². The number of hydrogen-bond donors (Lipinski definition) is 1. The fourth-order valence-corrected chi connectivity index (χ4v) is 6.21. The summed E-state index contributed by atoms with van der Waals surface area (Å²) in [5, 5.41) is 2.74. The Hall–Kier alpha value is -2.89. The van der Waals surface area contributed by atoms with E-state index in [1.54, 1.807) is 24.3 Å². The lowest BCUT2D eigenvalue weighted by atomic mass is 10.2. The first kappa shape index (κ1) is 22.3. The van der Waals surface area contributed by atoms with E-state index < -0.39 is 15.9 Å². The van der Waals surface area contributed by atoms with Crippen molar-refractivity contribution in [2.45, 2.75) is 24.3 Å². The third-order valence-electron chi connectivity index (χ3n) is 5.28. The van der Waals surface area contributed by atoms with Crippen LogP contribution in [-0.4, -0.2) is 50.5 Å². The van der Waals surface area contributed by atoms with Gasteiger partial charge in [-0.15, -0.1) is 0 Å². The molecule has 4 rings (SSSR count). The van der Waals surface area contributed by atoms with Crippen LogP contribution in [0, 0.1) is 0 Å². The number of sulfonamides is 1. The molecule has 1 aliphatic rings. The monoisotopic (exact) mass is 477 g/mol. The van der Waals surface area contributed by atoms with Crippen LogP contribution in [0.15, 0.2) is 46.1 Å². The molecule has 32 heavy (non-hydrogen) atoms. The molecule has 0 bridgehead atoms. The predicted octanol–water partition coefficient (Wildman–Crippen LogP) is 2.50. The van der Waals surface area contributed by atoms with Crippen LogP contribution in [0.25, 0.3) is 10.2 Å². The predicted molar refractivity (Wildman–Crippen MR) is 122 cm³/mol. The molecular weight excluding hydrogens is 454 g/mol. The molecule has 0 atom stereocenters. The van der Waals surface area contributed by atoms with Gasteiger partial charge in [-0.1, -0.05) is 11.3 Å². The SMILES string of the molecule is COc1cc(NC(=O)Cn2c(=O)sc3cc(S(=O)(=O)N4CCCC4)ccc32)cc(OC)c1. The average molecular weight is 478 g/mol. The third kappa shape index (κ3) is 4.36. The highest BCUT2D eigenvalue weighted by molar-refractivity contribution is 7.89. The standard InChI is InChI=1S/C21H23N3O6S2/c1-29-15-9-14(10-16(11-15)30-2)22-20(25)13-24-18-6-5-17(12-19(18)31-21(24)26)32(27,28)23-7-3-4-8-23/h5-6,9-12H,3-4,7-8,13H2,1-2H3,(H,22,25). The van der Waals surface area contributed by atoms with Crippen molar-refractivity contribution >= 4 is 43.2 Å². The highest BCUT2D eigenvalue weighted by atomic mass is 32.2. The van der Waals surface area contributed by atoms with Gasteiger partial charge in [-0.25, -0.2) is 8.42 Å². The lowest BCUT2D eigenvalue weighted by molar-refractivity contribution is -0.116. The molecular formula is C21H23N3O6S2. The molecule has 11 heteroatoms. The van der Waals surface area contributed by atoms with Crippen LogP contribution in [0.5, 0.6) is 11.5 Å². The van der Waals surface area contributed by atoms with E-state index in [-0.39, 0.29) is 16.3 Å². The molecule has 1 aromatic heterocycles. The number of benzene rings is 2. The van der Waals surface area contributed by atoms with Gasteiger partial charge in [0.25, 0.3) is 0 Å². The molecule has 1 saturated heterocycles. The van der Waals surface area contributed by atoms with Gasteiger partial charge in [-0.3, -0.25) is 14.2 Å². The van der Waals surface area contributed by atoms with Crippen LogP contribution in [0.3, 0.4) is 0 Å². The lowest BCUT2D eigenvalue weighted by Gasteiger charge is -2.15. The first-order chi connectivity index (χ1) is 15.3. The summed E-state index contributed by atoms with van der Waals surface area (Å²) in [6, 6.07) is 9.55. The molecule has 1 fully saturated rings. The van der Waals surface area contributed by atoms with Crippen molar-refractivity contribution in [3.8, 4) is 11.5 Å². The lowest BCUT2D eigenvalue weighted by Crippen LogP contribution is -2.27. The Labute approximate surface area is 189 Å². The van der Waals surface area contributed by atoms with Crippen molar-refractivity contribution in [3.63, 3.8) is 0 Å². The minimum Gasteiger partial charge on any atom is -0.497 e. The highest BCUT2D eigenvalue weighted by Gasteiger charge is 2.27. The van der Waals surface area contributed by atoms with Gasteiger partial charge in [0.2, 0.25) is 15.9 Å². The first-order valence-electron chi connectivity index (χ1n) is 9.98. The van der Waals surface area contributed by atoms with E-state index in [0.29, 0.717) is 40.5 Å².